The van der Waals surface area contributed by atoms with Crippen LogP contribution in [-0.4, -0.2) is 27.1 Å². The number of nitrogens with one attached hydrogen (secondary N) is 1. The van der Waals surface area contributed by atoms with Crippen LogP contribution in [0.1, 0.15) is 12.7 Å². The monoisotopic (exact) mass is 262 g/mol. The summed E-state index contributed by atoms with van der Waals surface area (Å²) in [5.41, 5.74) is 0. The van der Waals surface area contributed by atoms with Crippen LogP contribution >= 0.6 is 11.8 Å². The van der Waals surface area contributed by atoms with Crippen LogP contribution in [0.25, 0.3) is 0 Å². The normalized spacial score (nSPS) is 10.7. The maximum atomic E-state index is 4.09. The first-order valence-corrected chi connectivity index (χ1v) is 7.14. The van der Waals surface area contributed by atoms with Crippen molar-refractivity contribution >= 4 is 11.8 Å². The lowest BCUT2D eigenvalue weighted by Gasteiger charge is -2.05. The van der Waals surface area contributed by atoms with Gasteiger partial charge in [-0.2, -0.15) is 0 Å². The second-order valence-corrected chi connectivity index (χ2v) is 5.04. The van der Waals surface area contributed by atoms with Gasteiger partial charge in [0, 0.05) is 23.7 Å². The highest BCUT2D eigenvalue weighted by atomic mass is 32.2. The zero-order valence-corrected chi connectivity index (χ0v) is 11.4. The summed E-state index contributed by atoms with van der Waals surface area (Å²) in [4.78, 5) is 1.32. The molecule has 0 saturated carbocycles. The molecule has 4 nitrogen and oxygen atoms in total. The van der Waals surface area contributed by atoms with E-state index in [0.29, 0.717) is 0 Å². The van der Waals surface area contributed by atoms with E-state index in [1.165, 1.54) is 4.90 Å². The molecule has 0 amide bonds. The highest BCUT2D eigenvalue weighted by molar-refractivity contribution is 7.99. The molecule has 5 heteroatoms. The summed E-state index contributed by atoms with van der Waals surface area (Å²) in [7, 11) is 0. The summed E-state index contributed by atoms with van der Waals surface area (Å²) in [6, 6.07) is 10.5. The van der Waals surface area contributed by atoms with E-state index in [2.05, 4.69) is 51.3 Å². The van der Waals surface area contributed by atoms with Gasteiger partial charge >= 0.3 is 0 Å². The topological polar surface area (TPSA) is 42.7 Å². The average Bonchev–Trinajstić information content (AvgIpc) is 2.87. The fraction of sp³-hybridized carbons (Fsp3) is 0.385. The van der Waals surface area contributed by atoms with Gasteiger partial charge in [-0.25, -0.2) is 0 Å². The minimum Gasteiger partial charge on any atom is -0.317 e. The third kappa shape index (κ3) is 3.85. The van der Waals surface area contributed by atoms with E-state index in [-0.39, 0.29) is 0 Å². The van der Waals surface area contributed by atoms with Crippen molar-refractivity contribution < 1.29 is 0 Å². The number of benzene rings is 1. The van der Waals surface area contributed by atoms with Gasteiger partial charge in [-0.05, 0) is 19.1 Å². The van der Waals surface area contributed by atoms with Gasteiger partial charge < -0.3 is 9.88 Å². The first-order chi connectivity index (χ1) is 8.90. The second kappa shape index (κ2) is 7.18. The molecule has 1 N–H and O–H groups in total. The SMILES string of the molecule is CCn1cnnc1CNCCSc1ccccc1. The Morgan fingerprint density at radius 1 is 1.28 bits per heavy atom. The molecule has 1 aromatic carbocycles. The Morgan fingerprint density at radius 2 is 2.11 bits per heavy atom. The van der Waals surface area contributed by atoms with Gasteiger partial charge in [-0.1, -0.05) is 18.2 Å². The molecule has 2 rings (SSSR count). The van der Waals surface area contributed by atoms with Crippen molar-refractivity contribution in [3.05, 3.63) is 42.5 Å². The quantitative estimate of drug-likeness (QED) is 0.613. The summed E-state index contributed by atoms with van der Waals surface area (Å²) in [6.45, 7) is 4.76. The van der Waals surface area contributed by atoms with E-state index in [4.69, 9.17) is 0 Å². The van der Waals surface area contributed by atoms with Crippen LogP contribution in [0, 0.1) is 0 Å². The van der Waals surface area contributed by atoms with Gasteiger partial charge in [-0.15, -0.1) is 22.0 Å². The largest absolute Gasteiger partial charge is 0.317 e. The molecule has 0 aliphatic heterocycles. The summed E-state index contributed by atoms with van der Waals surface area (Å²) >= 11 is 1.86. The van der Waals surface area contributed by atoms with E-state index in [1.807, 2.05) is 17.8 Å². The van der Waals surface area contributed by atoms with Crippen molar-refractivity contribution in [3.8, 4) is 0 Å². The number of rotatable bonds is 7. The average molecular weight is 262 g/mol. The molecule has 1 aromatic heterocycles. The van der Waals surface area contributed by atoms with Crippen LogP contribution in [0.2, 0.25) is 0 Å². The van der Waals surface area contributed by atoms with Crippen LogP contribution in [0.3, 0.4) is 0 Å². The predicted octanol–water partition coefficient (Wildman–Crippen LogP) is 2.18. The maximum absolute atomic E-state index is 4.09. The first kappa shape index (κ1) is 13.1. The molecule has 0 bridgehead atoms. The summed E-state index contributed by atoms with van der Waals surface area (Å²) < 4.78 is 2.05. The molecule has 0 aliphatic rings. The lowest BCUT2D eigenvalue weighted by Crippen LogP contribution is -2.19. The summed E-state index contributed by atoms with van der Waals surface area (Å²) in [5, 5.41) is 11.4. The fourth-order valence-electron chi connectivity index (χ4n) is 1.64. The number of aryl methyl sites for hydroxylation is 1. The van der Waals surface area contributed by atoms with Crippen LogP contribution in [0.4, 0.5) is 0 Å². The van der Waals surface area contributed by atoms with Crippen molar-refractivity contribution in [1.29, 1.82) is 0 Å². The molecular formula is C13H18N4S. The lowest BCUT2D eigenvalue weighted by atomic mass is 10.4. The van der Waals surface area contributed by atoms with E-state index >= 15 is 0 Å². The van der Waals surface area contributed by atoms with E-state index in [1.54, 1.807) is 6.33 Å². The van der Waals surface area contributed by atoms with Crippen molar-refractivity contribution in [2.45, 2.75) is 24.9 Å². The number of thioether (sulfide) groups is 1. The third-order valence-corrected chi connectivity index (χ3v) is 3.62. The molecule has 18 heavy (non-hydrogen) atoms. The summed E-state index contributed by atoms with van der Waals surface area (Å²) in [5.74, 6) is 2.06. The molecule has 0 spiro atoms. The van der Waals surface area contributed by atoms with Crippen molar-refractivity contribution in [2.75, 3.05) is 12.3 Å². The van der Waals surface area contributed by atoms with Crippen LogP contribution in [0.15, 0.2) is 41.6 Å². The van der Waals surface area contributed by atoms with Gasteiger partial charge in [-0.3, -0.25) is 0 Å². The minimum absolute atomic E-state index is 0.781. The molecule has 0 aliphatic carbocycles. The third-order valence-electron chi connectivity index (χ3n) is 2.61. The van der Waals surface area contributed by atoms with Crippen LogP contribution in [-0.2, 0) is 13.1 Å². The van der Waals surface area contributed by atoms with Gasteiger partial charge in [0.2, 0.25) is 0 Å². The summed E-state index contributed by atoms with van der Waals surface area (Å²) in [6.07, 6.45) is 1.77. The van der Waals surface area contributed by atoms with Crippen molar-refractivity contribution in [3.63, 3.8) is 0 Å². The van der Waals surface area contributed by atoms with Crippen LogP contribution < -0.4 is 5.32 Å². The second-order valence-electron chi connectivity index (χ2n) is 3.87. The zero-order chi connectivity index (χ0) is 12.6. The Bertz CT molecular complexity index is 455. The number of nitrogens with zero attached hydrogens (tertiary/aromatic N) is 3. The predicted molar refractivity (Wildman–Crippen MR) is 74.6 cm³/mol. The van der Waals surface area contributed by atoms with Crippen molar-refractivity contribution in [1.82, 2.24) is 20.1 Å². The highest BCUT2D eigenvalue weighted by Gasteiger charge is 2.01. The molecule has 96 valence electrons. The van der Waals surface area contributed by atoms with Crippen molar-refractivity contribution in [2.24, 2.45) is 0 Å². The van der Waals surface area contributed by atoms with Gasteiger partial charge in [0.1, 0.15) is 12.2 Å². The minimum atomic E-state index is 0.781. The van der Waals surface area contributed by atoms with Gasteiger partial charge in [0.25, 0.3) is 0 Å². The number of hydrogen-bond donors (Lipinski definition) is 1. The Kier molecular flexibility index (Phi) is 5.23. The molecular weight excluding hydrogens is 244 g/mol. The Morgan fingerprint density at radius 3 is 2.89 bits per heavy atom. The Labute approximate surface area is 112 Å². The number of hydrogen-bond acceptors (Lipinski definition) is 4. The Hall–Kier alpha value is -1.33. The molecule has 0 radical (unpaired) electrons. The smallest absolute Gasteiger partial charge is 0.146 e. The molecule has 1 heterocycles. The van der Waals surface area contributed by atoms with Crippen LogP contribution in [0.5, 0.6) is 0 Å². The molecule has 0 atom stereocenters. The Balaban J connectivity index is 1.65. The zero-order valence-electron chi connectivity index (χ0n) is 10.5. The van der Waals surface area contributed by atoms with Gasteiger partial charge in [0.05, 0.1) is 6.54 Å². The highest BCUT2D eigenvalue weighted by Crippen LogP contribution is 2.15. The molecule has 2 aromatic rings. The van der Waals surface area contributed by atoms with E-state index in [0.717, 1.165) is 31.2 Å². The number of aromatic nitrogens is 3. The molecule has 0 fully saturated rings. The molecule has 0 unspecified atom stereocenters. The lowest BCUT2D eigenvalue weighted by molar-refractivity contribution is 0.630. The maximum Gasteiger partial charge on any atom is 0.146 e. The standard InChI is InChI=1S/C13H18N4S/c1-2-17-11-15-16-13(17)10-14-8-9-18-12-6-4-3-5-7-12/h3-7,11,14H,2,8-10H2,1H3. The van der Waals surface area contributed by atoms with E-state index in [9.17, 15) is 0 Å². The molecule has 0 saturated heterocycles. The first-order valence-electron chi connectivity index (χ1n) is 6.15. The fourth-order valence-corrected chi connectivity index (χ4v) is 2.47. The van der Waals surface area contributed by atoms with Gasteiger partial charge in [0.15, 0.2) is 0 Å². The van der Waals surface area contributed by atoms with E-state index < -0.39 is 0 Å².